The molecule has 2 fully saturated rings. The fourth-order valence-corrected chi connectivity index (χ4v) is 10.1. The minimum absolute atomic E-state index is 0.251. The summed E-state index contributed by atoms with van der Waals surface area (Å²) in [5.74, 6) is -0.251. The fourth-order valence-electron chi connectivity index (χ4n) is 10.1. The molecule has 0 spiro atoms. The van der Waals surface area contributed by atoms with E-state index in [2.05, 4.69) is 129 Å². The zero-order chi connectivity index (χ0) is 61.6. The van der Waals surface area contributed by atoms with Crippen LogP contribution in [0.2, 0.25) is 0 Å². The Morgan fingerprint density at radius 3 is 1.25 bits per heavy atom. The van der Waals surface area contributed by atoms with Crippen molar-refractivity contribution in [1.29, 1.82) is 0 Å². The number of carbonyl (C=O) groups excluding carboxylic acids is 1. The van der Waals surface area contributed by atoms with Crippen molar-refractivity contribution in [3.8, 4) is 0 Å². The molecular formula is C71H119NO13. The van der Waals surface area contributed by atoms with Crippen molar-refractivity contribution in [2.45, 2.75) is 299 Å². The van der Waals surface area contributed by atoms with Crippen LogP contribution in [0.1, 0.15) is 226 Å². The maximum absolute atomic E-state index is 13.3. The SMILES string of the molecule is CC/C=C\C/C=C\C/C=C\C/C=C\C/C=C\C/C=C\C/C=C\C/C=C\C/C=C\CCCCCCCCCCCC(=O)NC(COC1OC(CO)C(OC2OC(CO)C(O)C(O)C2O)C(O)C1O)C(O)/C=C/CCCCCCCCCCCCCC. The Bertz CT molecular complexity index is 1890. The van der Waals surface area contributed by atoms with Gasteiger partial charge in [-0.15, -0.1) is 0 Å². The fraction of sp³-hybridized carbons (Fsp3) is 0.704. The lowest BCUT2D eigenvalue weighted by Gasteiger charge is -2.46. The van der Waals surface area contributed by atoms with E-state index in [4.69, 9.17) is 18.9 Å². The van der Waals surface area contributed by atoms with E-state index in [1.165, 1.54) is 96.3 Å². The normalized spacial score (nSPS) is 24.4. The first-order valence-corrected chi connectivity index (χ1v) is 33.3. The smallest absolute Gasteiger partial charge is 0.220 e. The van der Waals surface area contributed by atoms with Crippen LogP contribution in [-0.4, -0.2) is 140 Å². The van der Waals surface area contributed by atoms with E-state index in [9.17, 15) is 45.6 Å². The Balaban J connectivity index is 1.65. The number of unbranched alkanes of at least 4 members (excludes halogenated alkanes) is 21. The first-order chi connectivity index (χ1) is 41.6. The van der Waals surface area contributed by atoms with Gasteiger partial charge in [-0.2, -0.15) is 0 Å². The molecule has 12 unspecified atom stereocenters. The van der Waals surface area contributed by atoms with Gasteiger partial charge in [0.25, 0.3) is 0 Å². The zero-order valence-corrected chi connectivity index (χ0v) is 52.6. The van der Waals surface area contributed by atoms with Crippen molar-refractivity contribution in [1.82, 2.24) is 5.32 Å². The van der Waals surface area contributed by atoms with Crippen LogP contribution in [0, 0.1) is 0 Å². The summed E-state index contributed by atoms with van der Waals surface area (Å²) in [5, 5.41) is 87.2. The van der Waals surface area contributed by atoms with Gasteiger partial charge in [0.2, 0.25) is 5.91 Å². The molecule has 14 nitrogen and oxygen atoms in total. The van der Waals surface area contributed by atoms with Gasteiger partial charge in [-0.05, 0) is 89.9 Å². The van der Waals surface area contributed by atoms with E-state index in [0.717, 1.165) is 103 Å². The maximum atomic E-state index is 13.3. The van der Waals surface area contributed by atoms with Gasteiger partial charge in [0, 0.05) is 6.42 Å². The number of aliphatic hydroxyl groups is 8. The molecule has 486 valence electrons. The third-order valence-electron chi connectivity index (χ3n) is 15.4. The van der Waals surface area contributed by atoms with Crippen molar-refractivity contribution in [2.75, 3.05) is 19.8 Å². The summed E-state index contributed by atoms with van der Waals surface area (Å²) in [6, 6.07) is -0.926. The van der Waals surface area contributed by atoms with E-state index >= 15 is 0 Å². The van der Waals surface area contributed by atoms with Gasteiger partial charge in [0.15, 0.2) is 12.6 Å². The Morgan fingerprint density at radius 1 is 0.435 bits per heavy atom. The summed E-state index contributed by atoms with van der Waals surface area (Å²) in [5.41, 5.74) is 0. The summed E-state index contributed by atoms with van der Waals surface area (Å²) >= 11 is 0. The van der Waals surface area contributed by atoms with Crippen molar-refractivity contribution >= 4 is 5.91 Å². The number of hydrogen-bond donors (Lipinski definition) is 9. The third kappa shape index (κ3) is 39.1. The summed E-state index contributed by atoms with van der Waals surface area (Å²) < 4.78 is 22.8. The van der Waals surface area contributed by atoms with Gasteiger partial charge in [-0.1, -0.05) is 251 Å². The molecule has 0 saturated carbocycles. The van der Waals surface area contributed by atoms with Crippen LogP contribution < -0.4 is 5.32 Å². The number of rotatable bonds is 52. The van der Waals surface area contributed by atoms with Crippen LogP contribution in [0.5, 0.6) is 0 Å². The largest absolute Gasteiger partial charge is 0.394 e. The molecule has 0 radical (unpaired) electrons. The number of allylic oxidation sites excluding steroid dienone is 19. The zero-order valence-electron chi connectivity index (χ0n) is 52.6. The lowest BCUT2D eigenvalue weighted by atomic mass is 9.97. The van der Waals surface area contributed by atoms with E-state index in [1.807, 2.05) is 6.08 Å². The van der Waals surface area contributed by atoms with Crippen LogP contribution >= 0.6 is 0 Å². The molecule has 2 aliphatic rings. The van der Waals surface area contributed by atoms with Crippen LogP contribution in [0.25, 0.3) is 0 Å². The monoisotopic (exact) mass is 1190 g/mol. The molecule has 2 heterocycles. The maximum Gasteiger partial charge on any atom is 0.220 e. The highest BCUT2D eigenvalue weighted by Gasteiger charge is 2.51. The first-order valence-electron chi connectivity index (χ1n) is 33.3. The van der Waals surface area contributed by atoms with Crippen LogP contribution in [0.4, 0.5) is 0 Å². The predicted molar refractivity (Wildman–Crippen MR) is 345 cm³/mol. The Morgan fingerprint density at radius 2 is 0.812 bits per heavy atom. The molecule has 0 aromatic carbocycles. The third-order valence-corrected chi connectivity index (χ3v) is 15.4. The minimum atomic E-state index is -1.79. The van der Waals surface area contributed by atoms with Gasteiger partial charge >= 0.3 is 0 Å². The molecule has 2 aliphatic heterocycles. The van der Waals surface area contributed by atoms with Crippen molar-refractivity contribution in [3.05, 3.63) is 122 Å². The van der Waals surface area contributed by atoms with Crippen LogP contribution in [0.15, 0.2) is 122 Å². The molecule has 0 aliphatic carbocycles. The summed E-state index contributed by atoms with van der Waals surface area (Å²) in [6.45, 7) is 2.66. The lowest BCUT2D eigenvalue weighted by molar-refractivity contribution is -0.359. The second-order valence-corrected chi connectivity index (χ2v) is 22.9. The quantitative estimate of drug-likeness (QED) is 0.0204. The van der Waals surface area contributed by atoms with Gasteiger partial charge in [-0.25, -0.2) is 0 Å². The molecule has 0 bridgehead atoms. The first kappa shape index (κ1) is 77.5. The van der Waals surface area contributed by atoms with Gasteiger partial charge in [0.05, 0.1) is 32.0 Å². The van der Waals surface area contributed by atoms with Crippen molar-refractivity contribution in [3.63, 3.8) is 0 Å². The van der Waals surface area contributed by atoms with Crippen molar-refractivity contribution in [2.24, 2.45) is 0 Å². The van der Waals surface area contributed by atoms with E-state index in [-0.39, 0.29) is 18.9 Å². The average Bonchev–Trinajstić information content (AvgIpc) is 3.65. The Hall–Kier alpha value is -3.61. The molecule has 1 amide bonds. The number of amides is 1. The second kappa shape index (κ2) is 54.5. The number of hydrogen-bond acceptors (Lipinski definition) is 13. The van der Waals surface area contributed by atoms with E-state index in [0.29, 0.717) is 6.42 Å². The average molecular weight is 1190 g/mol. The molecule has 12 atom stereocenters. The molecule has 2 rings (SSSR count). The van der Waals surface area contributed by atoms with Crippen LogP contribution in [-0.2, 0) is 23.7 Å². The number of carbonyl (C=O) groups is 1. The van der Waals surface area contributed by atoms with E-state index < -0.39 is 86.8 Å². The van der Waals surface area contributed by atoms with E-state index in [1.54, 1.807) is 6.08 Å². The highest BCUT2D eigenvalue weighted by atomic mass is 16.7. The van der Waals surface area contributed by atoms with Gasteiger partial charge < -0.3 is 65.1 Å². The molecule has 85 heavy (non-hydrogen) atoms. The predicted octanol–water partition coefficient (Wildman–Crippen LogP) is 12.9. The molecule has 14 heteroatoms. The highest BCUT2D eigenvalue weighted by molar-refractivity contribution is 5.76. The summed E-state index contributed by atoms with van der Waals surface area (Å²) in [7, 11) is 0. The minimum Gasteiger partial charge on any atom is -0.394 e. The number of aliphatic hydroxyl groups excluding tert-OH is 8. The molecule has 0 aromatic heterocycles. The van der Waals surface area contributed by atoms with Gasteiger partial charge in [-0.3, -0.25) is 4.79 Å². The molecule has 9 N–H and O–H groups in total. The molecule has 0 aromatic rings. The topological polar surface area (TPSA) is 228 Å². The lowest BCUT2D eigenvalue weighted by Crippen LogP contribution is -2.65. The van der Waals surface area contributed by atoms with Crippen molar-refractivity contribution < 1.29 is 64.6 Å². The molecular weight excluding hydrogens is 1070 g/mol. The number of nitrogens with one attached hydrogen (secondary N) is 1. The van der Waals surface area contributed by atoms with Gasteiger partial charge in [0.1, 0.15) is 48.8 Å². The second-order valence-electron chi connectivity index (χ2n) is 22.9. The summed E-state index contributed by atoms with van der Waals surface area (Å²) in [4.78, 5) is 13.3. The highest BCUT2D eigenvalue weighted by Crippen LogP contribution is 2.30. The number of ether oxygens (including phenoxy) is 4. The molecule has 2 saturated heterocycles. The standard InChI is InChI=1S/C71H119NO13/c1-3-5-7-9-11-13-15-17-19-20-21-22-23-24-25-26-27-28-29-30-31-32-33-34-35-36-37-38-39-40-41-43-45-47-49-51-53-55-63(76)72-59(60(75)54-52-50-48-46-44-42-18-16-14-12-10-8-6-4-2)58-82-70-68(81)66(79)69(62(57-74)84-70)85-71-67(80)65(78)64(77)61(56-73)83-71/h5,7,11,13,17,19,21-22,24-25,27-28,30-31,33-34,36-37,52,54,59-62,64-71,73-75,77-81H,3-4,6,8-10,12,14-16,18,20,23,26,29,32,35,38-51,53,55-58H2,1-2H3,(H,72,76)/b7-5-,13-11-,19-17-,22-21-,25-24-,28-27-,31-30-,34-33-,37-36-,54-52+. The summed E-state index contributed by atoms with van der Waals surface area (Å²) in [6.07, 6.45) is 62.4. The van der Waals surface area contributed by atoms with Crippen LogP contribution in [0.3, 0.4) is 0 Å². The Labute approximate surface area is 514 Å². The Kier molecular flexibility index (Phi) is 49.7.